The van der Waals surface area contributed by atoms with Crippen LogP contribution in [0.3, 0.4) is 0 Å². The van der Waals surface area contributed by atoms with E-state index < -0.39 is 0 Å². The second-order valence-electron chi connectivity index (χ2n) is 6.80. The Kier molecular flexibility index (Phi) is 6.66. The van der Waals surface area contributed by atoms with Crippen molar-refractivity contribution in [3.63, 3.8) is 0 Å². The summed E-state index contributed by atoms with van der Waals surface area (Å²) < 4.78 is 11.0. The summed E-state index contributed by atoms with van der Waals surface area (Å²) in [5, 5.41) is 2.85. The molecule has 6 nitrogen and oxygen atoms in total. The number of ether oxygens (including phenoxy) is 2. The van der Waals surface area contributed by atoms with Gasteiger partial charge in [0.2, 0.25) is 0 Å². The highest BCUT2D eigenvalue weighted by Gasteiger charge is 2.18. The van der Waals surface area contributed by atoms with E-state index in [1.807, 2.05) is 6.92 Å². The molecule has 2 aromatic carbocycles. The summed E-state index contributed by atoms with van der Waals surface area (Å²) in [7, 11) is 0. The van der Waals surface area contributed by atoms with Crippen LogP contribution in [0.5, 0.6) is 5.75 Å². The highest BCUT2D eigenvalue weighted by molar-refractivity contribution is 6.04. The van der Waals surface area contributed by atoms with E-state index in [0.717, 1.165) is 12.2 Å². The van der Waals surface area contributed by atoms with Gasteiger partial charge in [-0.2, -0.15) is 0 Å². The van der Waals surface area contributed by atoms with Crippen molar-refractivity contribution in [2.24, 2.45) is 0 Å². The molecule has 2 amide bonds. The molecule has 1 aliphatic heterocycles. The SMILES string of the molecule is CC[C@H](C)Oc1ccc(C(=O)Nc2ccc(C(=O)N3CCOCC3)cc2)cc1. The fourth-order valence-electron chi connectivity index (χ4n) is 2.85. The van der Waals surface area contributed by atoms with Gasteiger partial charge < -0.3 is 19.7 Å². The molecular weight excluding hydrogens is 356 g/mol. The van der Waals surface area contributed by atoms with Crippen LogP contribution in [0.1, 0.15) is 41.0 Å². The molecule has 28 heavy (non-hydrogen) atoms. The van der Waals surface area contributed by atoms with E-state index >= 15 is 0 Å². The van der Waals surface area contributed by atoms with Crippen molar-refractivity contribution in [3.05, 3.63) is 59.7 Å². The Morgan fingerprint density at radius 3 is 2.25 bits per heavy atom. The number of rotatable bonds is 6. The first-order chi connectivity index (χ1) is 13.6. The van der Waals surface area contributed by atoms with Crippen molar-refractivity contribution in [3.8, 4) is 5.75 Å². The van der Waals surface area contributed by atoms with Crippen molar-refractivity contribution < 1.29 is 19.1 Å². The highest BCUT2D eigenvalue weighted by atomic mass is 16.5. The first-order valence-corrected chi connectivity index (χ1v) is 9.62. The minimum atomic E-state index is -0.206. The Morgan fingerprint density at radius 1 is 1.04 bits per heavy atom. The van der Waals surface area contributed by atoms with Crippen LogP contribution in [0.15, 0.2) is 48.5 Å². The van der Waals surface area contributed by atoms with Crippen molar-refractivity contribution >= 4 is 17.5 Å². The van der Waals surface area contributed by atoms with Crippen LogP contribution < -0.4 is 10.1 Å². The highest BCUT2D eigenvalue weighted by Crippen LogP contribution is 2.17. The van der Waals surface area contributed by atoms with Crippen LogP contribution in [-0.2, 0) is 4.74 Å². The molecule has 2 aromatic rings. The van der Waals surface area contributed by atoms with E-state index in [9.17, 15) is 9.59 Å². The zero-order valence-electron chi connectivity index (χ0n) is 16.3. The second kappa shape index (κ2) is 9.37. The largest absolute Gasteiger partial charge is 0.491 e. The third kappa shape index (κ3) is 5.10. The predicted octanol–water partition coefficient (Wildman–Crippen LogP) is 3.59. The van der Waals surface area contributed by atoms with Crippen LogP contribution in [0.2, 0.25) is 0 Å². The van der Waals surface area contributed by atoms with E-state index in [4.69, 9.17) is 9.47 Å². The summed E-state index contributed by atoms with van der Waals surface area (Å²) in [6, 6.07) is 14.0. The van der Waals surface area contributed by atoms with Gasteiger partial charge in [-0.05, 0) is 61.9 Å². The van der Waals surface area contributed by atoms with Crippen molar-refractivity contribution in [2.45, 2.75) is 26.4 Å². The van der Waals surface area contributed by atoms with Crippen LogP contribution in [0.25, 0.3) is 0 Å². The molecule has 0 spiro atoms. The lowest BCUT2D eigenvalue weighted by Crippen LogP contribution is -2.40. The molecule has 3 rings (SSSR count). The van der Waals surface area contributed by atoms with Gasteiger partial charge >= 0.3 is 0 Å². The molecule has 1 heterocycles. The van der Waals surface area contributed by atoms with E-state index in [1.54, 1.807) is 53.4 Å². The van der Waals surface area contributed by atoms with Crippen LogP contribution in [0.4, 0.5) is 5.69 Å². The molecule has 0 aliphatic carbocycles. The molecule has 1 aliphatic rings. The summed E-state index contributed by atoms with van der Waals surface area (Å²) in [5.41, 5.74) is 1.79. The van der Waals surface area contributed by atoms with E-state index in [2.05, 4.69) is 12.2 Å². The Hall–Kier alpha value is -2.86. The lowest BCUT2D eigenvalue weighted by Gasteiger charge is -2.26. The minimum absolute atomic E-state index is 0.0157. The van der Waals surface area contributed by atoms with E-state index in [-0.39, 0.29) is 17.9 Å². The van der Waals surface area contributed by atoms with Crippen LogP contribution in [0, 0.1) is 0 Å². The van der Waals surface area contributed by atoms with Gasteiger partial charge in [0.1, 0.15) is 5.75 Å². The minimum Gasteiger partial charge on any atom is -0.491 e. The van der Waals surface area contributed by atoms with Crippen LogP contribution in [-0.4, -0.2) is 49.1 Å². The molecule has 1 fully saturated rings. The smallest absolute Gasteiger partial charge is 0.255 e. The second-order valence-corrected chi connectivity index (χ2v) is 6.80. The number of morpholine rings is 1. The number of hydrogen-bond acceptors (Lipinski definition) is 4. The number of anilines is 1. The van der Waals surface area contributed by atoms with Gasteiger partial charge in [-0.15, -0.1) is 0 Å². The molecule has 1 N–H and O–H groups in total. The number of carbonyl (C=O) groups is 2. The fourth-order valence-corrected chi connectivity index (χ4v) is 2.85. The Morgan fingerprint density at radius 2 is 1.64 bits per heavy atom. The Labute approximate surface area is 165 Å². The molecule has 1 saturated heterocycles. The summed E-state index contributed by atoms with van der Waals surface area (Å²) in [6.07, 6.45) is 1.06. The topological polar surface area (TPSA) is 67.9 Å². The standard InChI is InChI=1S/C22H26N2O4/c1-3-16(2)28-20-10-6-17(7-11-20)21(25)23-19-8-4-18(5-9-19)22(26)24-12-14-27-15-13-24/h4-11,16H,3,12-15H2,1-2H3,(H,23,25)/t16-/m0/s1. The Balaban J connectivity index is 1.58. The number of hydrogen-bond donors (Lipinski definition) is 1. The normalized spacial score (nSPS) is 15.0. The lowest BCUT2D eigenvalue weighted by molar-refractivity contribution is 0.0303. The summed E-state index contributed by atoms with van der Waals surface area (Å²) in [4.78, 5) is 26.7. The molecule has 0 saturated carbocycles. The first-order valence-electron chi connectivity index (χ1n) is 9.62. The zero-order valence-corrected chi connectivity index (χ0v) is 16.3. The number of carbonyl (C=O) groups excluding carboxylic acids is 2. The molecule has 0 unspecified atom stereocenters. The molecule has 6 heteroatoms. The van der Waals surface area contributed by atoms with E-state index in [0.29, 0.717) is 43.1 Å². The monoisotopic (exact) mass is 382 g/mol. The maximum atomic E-state index is 12.5. The fraction of sp³-hybridized carbons (Fsp3) is 0.364. The van der Waals surface area contributed by atoms with Gasteiger partial charge in [0, 0.05) is 29.9 Å². The van der Waals surface area contributed by atoms with Gasteiger partial charge in [-0.3, -0.25) is 9.59 Å². The third-order valence-corrected chi connectivity index (χ3v) is 4.72. The van der Waals surface area contributed by atoms with Gasteiger partial charge in [-0.25, -0.2) is 0 Å². The quantitative estimate of drug-likeness (QED) is 0.829. The Bertz CT molecular complexity index is 796. The van der Waals surface area contributed by atoms with Crippen molar-refractivity contribution in [1.82, 2.24) is 4.90 Å². The van der Waals surface area contributed by atoms with Crippen LogP contribution >= 0.6 is 0 Å². The summed E-state index contributed by atoms with van der Waals surface area (Å²) in [5.74, 6) is 0.525. The molecular formula is C22H26N2O4. The number of amides is 2. The molecule has 0 radical (unpaired) electrons. The average molecular weight is 382 g/mol. The number of nitrogens with one attached hydrogen (secondary N) is 1. The van der Waals surface area contributed by atoms with Gasteiger partial charge in [-0.1, -0.05) is 6.92 Å². The molecule has 0 bridgehead atoms. The predicted molar refractivity (Wildman–Crippen MR) is 108 cm³/mol. The average Bonchev–Trinajstić information content (AvgIpc) is 2.74. The summed E-state index contributed by atoms with van der Waals surface area (Å²) in [6.45, 7) is 6.42. The third-order valence-electron chi connectivity index (χ3n) is 4.72. The molecule has 148 valence electrons. The number of benzene rings is 2. The van der Waals surface area contributed by atoms with E-state index in [1.165, 1.54) is 0 Å². The molecule has 0 aromatic heterocycles. The van der Waals surface area contributed by atoms with Crippen molar-refractivity contribution in [1.29, 1.82) is 0 Å². The maximum absolute atomic E-state index is 12.5. The maximum Gasteiger partial charge on any atom is 0.255 e. The number of nitrogens with zero attached hydrogens (tertiary/aromatic N) is 1. The first kappa shape index (κ1) is 19.9. The van der Waals surface area contributed by atoms with Gasteiger partial charge in [0.05, 0.1) is 19.3 Å². The lowest BCUT2D eigenvalue weighted by atomic mass is 10.1. The summed E-state index contributed by atoms with van der Waals surface area (Å²) >= 11 is 0. The molecule has 1 atom stereocenters. The zero-order chi connectivity index (χ0) is 19.9. The van der Waals surface area contributed by atoms with Crippen molar-refractivity contribution in [2.75, 3.05) is 31.6 Å². The van der Waals surface area contributed by atoms with Gasteiger partial charge in [0.15, 0.2) is 0 Å². The van der Waals surface area contributed by atoms with Gasteiger partial charge in [0.25, 0.3) is 11.8 Å².